The molecule has 0 unspecified atom stereocenters. The topological polar surface area (TPSA) is 49.3 Å². The van der Waals surface area contributed by atoms with Gasteiger partial charge in [0.05, 0.1) is 5.69 Å². The summed E-state index contributed by atoms with van der Waals surface area (Å²) < 4.78 is 39.6. The molecule has 1 aliphatic heterocycles. The normalized spacial score (nSPS) is 14.9. The lowest BCUT2D eigenvalue weighted by Gasteiger charge is -2.36. The van der Waals surface area contributed by atoms with Gasteiger partial charge in [0.2, 0.25) is 0 Å². The summed E-state index contributed by atoms with van der Waals surface area (Å²) in [5, 5.41) is 0. The zero-order valence-electron chi connectivity index (χ0n) is 13.6. The summed E-state index contributed by atoms with van der Waals surface area (Å²) in [5.41, 5.74) is -0.00421. The molecule has 0 N–H and O–H groups in total. The number of rotatable bonds is 3. The summed E-state index contributed by atoms with van der Waals surface area (Å²) >= 11 is 0. The van der Waals surface area contributed by atoms with Gasteiger partial charge >= 0.3 is 0 Å². The number of hydrogen-bond acceptors (Lipinski definition) is 4. The van der Waals surface area contributed by atoms with Crippen molar-refractivity contribution in [3.63, 3.8) is 0 Å². The molecule has 1 aliphatic rings. The van der Waals surface area contributed by atoms with Crippen LogP contribution in [0.25, 0.3) is 0 Å². The number of anilines is 1. The number of carbonyl (C=O) groups excluding carboxylic acids is 1. The van der Waals surface area contributed by atoms with Gasteiger partial charge < -0.3 is 9.80 Å². The van der Waals surface area contributed by atoms with Gasteiger partial charge in [0.25, 0.3) is 12.3 Å². The van der Waals surface area contributed by atoms with Gasteiger partial charge in [-0.1, -0.05) is 12.1 Å². The predicted molar refractivity (Wildman–Crippen MR) is 86.2 cm³/mol. The molecule has 1 amide bonds. The lowest BCUT2D eigenvalue weighted by atomic mass is 10.2. The number of carbonyl (C=O) groups is 1. The van der Waals surface area contributed by atoms with Crippen molar-refractivity contribution in [2.24, 2.45) is 0 Å². The third-order valence-electron chi connectivity index (χ3n) is 4.06. The van der Waals surface area contributed by atoms with Gasteiger partial charge in [-0.05, 0) is 25.1 Å². The number of hydrogen-bond donors (Lipinski definition) is 0. The summed E-state index contributed by atoms with van der Waals surface area (Å²) in [7, 11) is 0. The average Bonchev–Trinajstić information content (AvgIpc) is 2.61. The quantitative estimate of drug-likeness (QED) is 0.854. The van der Waals surface area contributed by atoms with E-state index < -0.39 is 18.0 Å². The Bertz CT molecular complexity index is 776. The Hall–Kier alpha value is -2.64. The largest absolute Gasteiger partial charge is 0.366 e. The van der Waals surface area contributed by atoms with Crippen LogP contribution in [0.1, 0.15) is 28.4 Å². The lowest BCUT2D eigenvalue weighted by Crippen LogP contribution is -2.49. The van der Waals surface area contributed by atoms with Gasteiger partial charge in [-0.15, -0.1) is 0 Å². The molecular formula is C17H17F3N4O. The van der Waals surface area contributed by atoms with Crippen LogP contribution in [-0.2, 0) is 0 Å². The minimum absolute atomic E-state index is 0.0397. The maximum absolute atomic E-state index is 13.8. The van der Waals surface area contributed by atoms with Crippen molar-refractivity contribution in [2.75, 3.05) is 31.1 Å². The second kappa shape index (κ2) is 7.08. The number of alkyl halides is 2. The molecule has 132 valence electrons. The van der Waals surface area contributed by atoms with Crippen molar-refractivity contribution in [1.29, 1.82) is 0 Å². The summed E-state index contributed by atoms with van der Waals surface area (Å²) in [5.74, 6) is -0.595. The Morgan fingerprint density at radius 2 is 1.80 bits per heavy atom. The minimum atomic E-state index is -2.76. The fraction of sp³-hybridized carbons (Fsp3) is 0.353. The van der Waals surface area contributed by atoms with Crippen LogP contribution in [0, 0.1) is 12.7 Å². The van der Waals surface area contributed by atoms with Crippen LogP contribution in [-0.4, -0.2) is 47.0 Å². The first-order valence-electron chi connectivity index (χ1n) is 7.88. The minimum Gasteiger partial charge on any atom is -0.366 e. The van der Waals surface area contributed by atoms with Crippen LogP contribution in [0.3, 0.4) is 0 Å². The molecule has 1 saturated heterocycles. The van der Waals surface area contributed by atoms with Crippen molar-refractivity contribution in [3.05, 3.63) is 53.4 Å². The molecule has 25 heavy (non-hydrogen) atoms. The van der Waals surface area contributed by atoms with E-state index in [0.29, 0.717) is 31.9 Å². The van der Waals surface area contributed by atoms with Crippen LogP contribution in [0.2, 0.25) is 0 Å². The van der Waals surface area contributed by atoms with Gasteiger partial charge in [-0.2, -0.15) is 0 Å². The molecule has 1 aromatic heterocycles. The predicted octanol–water partition coefficient (Wildman–Crippen LogP) is 2.82. The van der Waals surface area contributed by atoms with Crippen LogP contribution in [0.4, 0.5) is 18.9 Å². The molecule has 0 bridgehead atoms. The van der Waals surface area contributed by atoms with Gasteiger partial charge in [-0.3, -0.25) is 4.79 Å². The van der Waals surface area contributed by atoms with E-state index in [1.165, 1.54) is 17.9 Å². The molecule has 3 rings (SSSR count). The molecular weight excluding hydrogens is 333 g/mol. The highest BCUT2D eigenvalue weighted by Crippen LogP contribution is 2.21. The van der Waals surface area contributed by atoms with E-state index in [1.807, 2.05) is 4.90 Å². The monoisotopic (exact) mass is 350 g/mol. The number of halogens is 3. The van der Waals surface area contributed by atoms with Gasteiger partial charge in [-0.25, -0.2) is 23.1 Å². The Morgan fingerprint density at radius 1 is 1.12 bits per heavy atom. The second-order valence-corrected chi connectivity index (χ2v) is 5.76. The Labute approximate surface area is 143 Å². The fourth-order valence-electron chi connectivity index (χ4n) is 2.83. The second-order valence-electron chi connectivity index (χ2n) is 5.76. The molecule has 5 nitrogen and oxygen atoms in total. The fourth-order valence-corrected chi connectivity index (χ4v) is 2.83. The highest BCUT2D eigenvalue weighted by molar-refractivity contribution is 5.92. The Kier molecular flexibility index (Phi) is 4.87. The number of nitrogens with zero attached hydrogens (tertiary/aromatic N) is 4. The number of aromatic nitrogens is 2. The van der Waals surface area contributed by atoms with Gasteiger partial charge in [0, 0.05) is 26.2 Å². The van der Waals surface area contributed by atoms with E-state index in [0.717, 1.165) is 6.07 Å². The molecule has 0 radical (unpaired) electrons. The summed E-state index contributed by atoms with van der Waals surface area (Å²) in [4.78, 5) is 23.5. The maximum Gasteiger partial charge on any atom is 0.280 e. The number of aryl methyl sites for hydroxylation is 1. The van der Waals surface area contributed by atoms with Gasteiger partial charge in [0.15, 0.2) is 0 Å². The van der Waals surface area contributed by atoms with E-state index in [2.05, 4.69) is 9.97 Å². The molecule has 0 atom stereocenters. The molecule has 1 aromatic carbocycles. The van der Waals surface area contributed by atoms with Crippen LogP contribution in [0.15, 0.2) is 30.3 Å². The summed E-state index contributed by atoms with van der Waals surface area (Å²) in [6.07, 6.45) is -2.76. The van der Waals surface area contributed by atoms with Crippen LogP contribution in [0.5, 0.6) is 0 Å². The molecule has 1 fully saturated rings. The molecule has 0 saturated carbocycles. The molecule has 0 aliphatic carbocycles. The number of para-hydroxylation sites is 1. The van der Waals surface area contributed by atoms with E-state index in [4.69, 9.17) is 0 Å². The van der Waals surface area contributed by atoms with Crippen molar-refractivity contribution in [1.82, 2.24) is 14.9 Å². The lowest BCUT2D eigenvalue weighted by molar-refractivity contribution is 0.0739. The molecule has 0 spiro atoms. The Morgan fingerprint density at radius 3 is 2.44 bits per heavy atom. The van der Waals surface area contributed by atoms with Crippen molar-refractivity contribution in [2.45, 2.75) is 13.3 Å². The third-order valence-corrected chi connectivity index (χ3v) is 4.06. The maximum atomic E-state index is 13.8. The first kappa shape index (κ1) is 17.2. The number of piperazine rings is 1. The van der Waals surface area contributed by atoms with E-state index in [1.54, 1.807) is 18.2 Å². The van der Waals surface area contributed by atoms with E-state index in [9.17, 15) is 18.0 Å². The first-order valence-corrected chi connectivity index (χ1v) is 7.88. The van der Waals surface area contributed by atoms with Crippen molar-refractivity contribution >= 4 is 11.6 Å². The van der Waals surface area contributed by atoms with Crippen LogP contribution < -0.4 is 4.90 Å². The zero-order valence-corrected chi connectivity index (χ0v) is 13.6. The standard InChI is InChI=1S/C17H17F3N4O/c1-11-21-13(16(19)20)10-14(22-11)17(25)24-8-6-23(7-9-24)15-5-3-2-4-12(15)18/h2-5,10,16H,6-9H2,1H3. The third kappa shape index (κ3) is 3.72. The molecule has 2 heterocycles. The molecule has 2 aromatic rings. The highest BCUT2D eigenvalue weighted by atomic mass is 19.3. The molecule has 8 heteroatoms. The smallest absolute Gasteiger partial charge is 0.280 e. The van der Waals surface area contributed by atoms with E-state index in [-0.39, 0.29) is 17.3 Å². The van der Waals surface area contributed by atoms with Crippen molar-refractivity contribution in [3.8, 4) is 0 Å². The average molecular weight is 350 g/mol. The van der Waals surface area contributed by atoms with Crippen LogP contribution >= 0.6 is 0 Å². The SMILES string of the molecule is Cc1nc(C(=O)N2CCN(c3ccccc3F)CC2)cc(C(F)F)n1. The highest BCUT2D eigenvalue weighted by Gasteiger charge is 2.25. The number of benzene rings is 1. The van der Waals surface area contributed by atoms with Gasteiger partial charge in [0.1, 0.15) is 23.0 Å². The number of amides is 1. The van der Waals surface area contributed by atoms with Crippen molar-refractivity contribution < 1.29 is 18.0 Å². The first-order chi connectivity index (χ1) is 12.0. The zero-order chi connectivity index (χ0) is 18.0. The van der Waals surface area contributed by atoms with E-state index >= 15 is 0 Å². The summed E-state index contributed by atoms with van der Waals surface area (Å²) in [6, 6.07) is 7.49. The Balaban J connectivity index is 1.71. The summed E-state index contributed by atoms with van der Waals surface area (Å²) in [6.45, 7) is 3.11.